The quantitative estimate of drug-likeness (QED) is 0.477. The minimum atomic E-state index is -0.00688. The Kier molecular flexibility index (Phi) is 4.10. The molecule has 4 heterocycles. The molecule has 0 saturated heterocycles. The van der Waals surface area contributed by atoms with E-state index in [1.54, 1.807) is 0 Å². The number of aromatic nitrogens is 6. The Bertz CT molecular complexity index is 1240. The second-order valence-electron chi connectivity index (χ2n) is 10.0. The van der Waals surface area contributed by atoms with Crippen LogP contribution in [0.2, 0.25) is 0 Å². The highest BCUT2D eigenvalue weighted by molar-refractivity contribution is 5.95. The van der Waals surface area contributed by atoms with Gasteiger partial charge >= 0.3 is 0 Å². The van der Waals surface area contributed by atoms with Crippen molar-refractivity contribution in [2.75, 3.05) is 0 Å². The average molecular weight is 401 g/mol. The summed E-state index contributed by atoms with van der Waals surface area (Å²) in [4.78, 5) is 9.41. The third-order valence-corrected chi connectivity index (χ3v) is 6.28. The number of hydrogen-bond donors (Lipinski definition) is 2. The van der Waals surface area contributed by atoms with E-state index in [2.05, 4.69) is 67.0 Å². The van der Waals surface area contributed by atoms with Crippen molar-refractivity contribution in [1.29, 1.82) is 0 Å². The van der Waals surface area contributed by atoms with Crippen molar-refractivity contribution >= 4 is 10.8 Å². The van der Waals surface area contributed by atoms with Gasteiger partial charge in [0.1, 0.15) is 11.4 Å². The summed E-state index contributed by atoms with van der Waals surface area (Å²) < 4.78 is 0. The molecule has 0 unspecified atom stereocenters. The molecule has 0 atom stereocenters. The smallest absolute Gasteiger partial charge is 0.114 e. The molecule has 0 aromatic carbocycles. The highest BCUT2D eigenvalue weighted by Gasteiger charge is 2.32. The lowest BCUT2D eigenvalue weighted by atomic mass is 9.76. The van der Waals surface area contributed by atoms with E-state index in [9.17, 15) is 0 Å². The Balaban J connectivity index is 1.71. The van der Waals surface area contributed by atoms with Gasteiger partial charge in [-0.15, -0.1) is 0 Å². The molecule has 6 nitrogen and oxygen atoms in total. The Hall–Kier alpha value is -3.02. The van der Waals surface area contributed by atoms with Crippen molar-refractivity contribution in [1.82, 2.24) is 30.4 Å². The molecule has 6 heteroatoms. The molecule has 4 aromatic rings. The summed E-state index contributed by atoms with van der Waals surface area (Å²) >= 11 is 0. The second kappa shape index (κ2) is 6.49. The van der Waals surface area contributed by atoms with Crippen LogP contribution in [0.25, 0.3) is 33.5 Å². The number of pyridine rings is 2. The maximum atomic E-state index is 5.07. The van der Waals surface area contributed by atoms with E-state index in [0.29, 0.717) is 0 Å². The first-order valence-electron chi connectivity index (χ1n) is 10.6. The Labute approximate surface area is 176 Å². The number of aromatic amines is 2. The highest BCUT2D eigenvalue weighted by atomic mass is 15.1. The highest BCUT2D eigenvalue weighted by Crippen LogP contribution is 2.40. The summed E-state index contributed by atoms with van der Waals surface area (Å²) in [7, 11) is 0. The molecule has 1 aliphatic carbocycles. The van der Waals surface area contributed by atoms with Crippen molar-refractivity contribution in [3.8, 4) is 22.8 Å². The molecule has 0 spiro atoms. The molecule has 0 bridgehead atoms. The van der Waals surface area contributed by atoms with Crippen molar-refractivity contribution in [2.45, 2.75) is 64.7 Å². The van der Waals surface area contributed by atoms with Gasteiger partial charge in [-0.25, -0.2) is 4.98 Å². The zero-order chi connectivity index (χ0) is 21.1. The lowest BCUT2D eigenvalue weighted by molar-refractivity contribution is 0.420. The fourth-order valence-electron chi connectivity index (χ4n) is 4.45. The summed E-state index contributed by atoms with van der Waals surface area (Å²) in [5.74, 6) is 0. The van der Waals surface area contributed by atoms with E-state index in [-0.39, 0.29) is 10.8 Å². The molecule has 30 heavy (non-hydrogen) atoms. The Morgan fingerprint density at radius 2 is 1.83 bits per heavy atom. The minimum absolute atomic E-state index is 0.00688. The van der Waals surface area contributed by atoms with Gasteiger partial charge in [-0.1, -0.05) is 34.6 Å². The van der Waals surface area contributed by atoms with E-state index >= 15 is 0 Å². The normalized spacial score (nSPS) is 16.0. The van der Waals surface area contributed by atoms with Crippen molar-refractivity contribution in [3.05, 3.63) is 47.5 Å². The number of H-pyrrole nitrogens is 2. The maximum absolute atomic E-state index is 5.07. The van der Waals surface area contributed by atoms with Crippen LogP contribution in [-0.4, -0.2) is 30.4 Å². The van der Waals surface area contributed by atoms with E-state index in [1.807, 2.05) is 18.5 Å². The molecule has 4 aromatic heterocycles. The third kappa shape index (κ3) is 3.02. The number of hydrogen-bond acceptors (Lipinski definition) is 4. The molecular formula is C24H28N6. The number of nitrogens with one attached hydrogen (secondary N) is 2. The van der Waals surface area contributed by atoms with E-state index in [4.69, 9.17) is 10.1 Å². The Morgan fingerprint density at radius 3 is 2.60 bits per heavy atom. The van der Waals surface area contributed by atoms with Gasteiger partial charge in [-0.05, 0) is 37.5 Å². The molecule has 0 fully saturated rings. The summed E-state index contributed by atoms with van der Waals surface area (Å²) in [6.07, 6.45) is 7.07. The molecule has 1 aliphatic rings. The number of rotatable bonds is 2. The lowest BCUT2D eigenvalue weighted by Gasteiger charge is -2.29. The first kappa shape index (κ1) is 19.0. The largest absolute Gasteiger partial charge is 0.281 e. The standard InChI is InChI=1S/C24H28N6/c1-23(2,3)19-12-18(27-28-19)20-15-8-10-25-13-14(15)11-17(26-20)21-16-7-6-9-24(4,5)22(16)30-29-21/h8,10-13H,6-7,9H2,1-5H3,(H,27,28)(H,29,30). The summed E-state index contributed by atoms with van der Waals surface area (Å²) in [6.45, 7) is 11.1. The fourth-order valence-corrected chi connectivity index (χ4v) is 4.45. The number of nitrogens with zero attached hydrogens (tertiary/aromatic N) is 4. The first-order chi connectivity index (χ1) is 14.2. The van der Waals surface area contributed by atoms with Crippen molar-refractivity contribution in [2.24, 2.45) is 0 Å². The third-order valence-electron chi connectivity index (χ3n) is 6.28. The summed E-state index contributed by atoms with van der Waals surface area (Å²) in [5, 5.41) is 17.9. The van der Waals surface area contributed by atoms with Gasteiger partial charge in [0, 0.05) is 50.9 Å². The molecule has 0 radical (unpaired) electrons. The van der Waals surface area contributed by atoms with Crippen molar-refractivity contribution in [3.63, 3.8) is 0 Å². The molecule has 0 aliphatic heterocycles. The monoisotopic (exact) mass is 400 g/mol. The lowest BCUT2D eigenvalue weighted by Crippen LogP contribution is -2.23. The molecule has 154 valence electrons. The van der Waals surface area contributed by atoms with Gasteiger partial charge < -0.3 is 0 Å². The van der Waals surface area contributed by atoms with Crippen LogP contribution in [0.4, 0.5) is 0 Å². The predicted octanol–water partition coefficient (Wildman–Crippen LogP) is 5.32. The van der Waals surface area contributed by atoms with E-state index < -0.39 is 0 Å². The van der Waals surface area contributed by atoms with Crippen LogP contribution in [0.1, 0.15) is 64.4 Å². The van der Waals surface area contributed by atoms with Crippen LogP contribution in [0.3, 0.4) is 0 Å². The molecular weight excluding hydrogens is 372 g/mol. The van der Waals surface area contributed by atoms with E-state index in [1.165, 1.54) is 24.1 Å². The molecule has 5 rings (SSSR count). The van der Waals surface area contributed by atoms with Gasteiger partial charge in [0.05, 0.1) is 11.4 Å². The van der Waals surface area contributed by atoms with E-state index in [0.717, 1.165) is 45.7 Å². The fraction of sp³-hybridized carbons (Fsp3) is 0.417. The van der Waals surface area contributed by atoms with Gasteiger partial charge in [0.15, 0.2) is 0 Å². The first-order valence-corrected chi connectivity index (χ1v) is 10.6. The summed E-state index contributed by atoms with van der Waals surface area (Å²) in [6, 6.07) is 6.21. The van der Waals surface area contributed by atoms with Crippen molar-refractivity contribution < 1.29 is 0 Å². The predicted molar refractivity (Wildman–Crippen MR) is 119 cm³/mol. The maximum Gasteiger partial charge on any atom is 0.114 e. The van der Waals surface area contributed by atoms with Crippen LogP contribution >= 0.6 is 0 Å². The van der Waals surface area contributed by atoms with Gasteiger partial charge in [0.2, 0.25) is 0 Å². The minimum Gasteiger partial charge on any atom is -0.281 e. The van der Waals surface area contributed by atoms with Gasteiger partial charge in [-0.2, -0.15) is 10.2 Å². The topological polar surface area (TPSA) is 83.1 Å². The van der Waals surface area contributed by atoms with Gasteiger partial charge in [0.25, 0.3) is 0 Å². The average Bonchev–Trinajstić information content (AvgIpc) is 3.35. The Morgan fingerprint density at radius 1 is 1.00 bits per heavy atom. The molecule has 0 saturated carbocycles. The SMILES string of the molecule is CC(C)(C)c1cc(-c2nc(-c3n[nH]c4c3CCCC4(C)C)cc3cnccc23)n[nH]1. The number of fused-ring (bicyclic) bond motifs is 2. The zero-order valence-electron chi connectivity index (χ0n) is 18.3. The van der Waals surface area contributed by atoms with Crippen LogP contribution in [0, 0.1) is 0 Å². The molecule has 2 N–H and O–H groups in total. The second-order valence-corrected chi connectivity index (χ2v) is 10.0. The van der Waals surface area contributed by atoms with Gasteiger partial charge in [-0.3, -0.25) is 15.2 Å². The van der Waals surface area contributed by atoms with Crippen LogP contribution < -0.4 is 0 Å². The van der Waals surface area contributed by atoms with Crippen LogP contribution in [0.15, 0.2) is 30.6 Å². The molecule has 0 amide bonds. The van der Waals surface area contributed by atoms with Crippen LogP contribution in [-0.2, 0) is 17.3 Å². The summed E-state index contributed by atoms with van der Waals surface area (Å²) in [5.41, 5.74) is 7.28. The zero-order valence-corrected chi connectivity index (χ0v) is 18.3. The van der Waals surface area contributed by atoms with Crippen LogP contribution in [0.5, 0.6) is 0 Å².